The summed E-state index contributed by atoms with van der Waals surface area (Å²) < 4.78 is 206. The van der Waals surface area contributed by atoms with Crippen molar-refractivity contribution in [3.05, 3.63) is 182 Å². The highest BCUT2D eigenvalue weighted by Gasteiger charge is 2.65. The summed E-state index contributed by atoms with van der Waals surface area (Å²) >= 11 is 0. The molecule has 3 saturated carbocycles. The van der Waals surface area contributed by atoms with Crippen LogP contribution in [0.1, 0.15) is 246 Å². The van der Waals surface area contributed by atoms with Gasteiger partial charge in [0.25, 0.3) is 0 Å². The van der Waals surface area contributed by atoms with Crippen LogP contribution >= 0.6 is 0 Å². The van der Waals surface area contributed by atoms with Gasteiger partial charge >= 0.3 is 52.5 Å². The predicted molar refractivity (Wildman–Crippen MR) is 514 cm³/mol. The van der Waals surface area contributed by atoms with Crippen molar-refractivity contribution in [2.45, 2.75) is 358 Å². The number of rotatable bonds is 26. The van der Waals surface area contributed by atoms with Gasteiger partial charge in [0.1, 0.15) is 30.0 Å². The molecule has 772 valence electrons. The SMILES string of the molecule is C.C.C.C.C.CCC(C)(C)C(=O)OC(C)(C)C(C)(O)C(F)(F)F.CCC(C)(C)C(=O)OC(C)C(F)(F)S(=O)(=O)[O-].CCC(C)(C)C(=O)OC(C)C(F)(F)S(=O)(=O)[O-].CCC(C)(C)C(=O)OC1CC2CC1C1C(=O)OCC21.CCC(C)(C)C(=O)OC1COC2C1OC1OC3(CCCC3)OC12.c1ccc([S+](c2ccccc2)c2ccccc2)cc1.c1ccc([S+](c2ccccc2)c2ccccc2)cc1. The van der Waals surface area contributed by atoms with E-state index in [1.807, 2.05) is 41.5 Å². The van der Waals surface area contributed by atoms with E-state index >= 15 is 0 Å². The Morgan fingerprint density at radius 2 is 0.745 bits per heavy atom. The standard InChI is InChI=1S/2C18H15S.C17H26O6.C15H22O4.C12H21F3O3.2C9H16F2O5S.5CH4/c2*1-4-10-16(11-5-1)19(17-12-6-2-7-13-17)18-14-8-3-9-15-18;1-4-16(2,3)15(18)20-10-9-19-12-11(10)21-14-13(12)22-17(23-14)7-5-6-8-17;1-4-15(2,3)14(17)19-11-6-8-5-9(11)12-10(8)7-18-13(12)16;1-7-9(2,3)8(16)18-10(4,5)11(6,17)12(13,14)15;2*1-5-8(3,4)7(12)16-6(2)9(10,11)17(13,14)15;;;;;/h2*1-15H;10-14H,4-9H2,1-3H3;8-12H,4-7H2,1-3H3;17H,7H2,1-6H3;2*6H,5H2,1-4H3,(H,13,14,15);5*1H4/q2*+1;;;;;;;;;;/p-2. The smallest absolute Gasteiger partial charge is 0.420 e. The number of esters is 6. The van der Waals surface area contributed by atoms with Gasteiger partial charge in [-0.05, 0) is 240 Å². The lowest BCUT2D eigenvalue weighted by Gasteiger charge is -2.41. The molecule has 13 rings (SSSR count). The van der Waals surface area contributed by atoms with Crippen molar-refractivity contribution in [3.63, 3.8) is 0 Å². The molecule has 23 nitrogen and oxygen atoms in total. The van der Waals surface area contributed by atoms with Gasteiger partial charge in [0.2, 0.25) is 0 Å². The van der Waals surface area contributed by atoms with E-state index in [9.17, 15) is 90.5 Å². The van der Waals surface area contributed by atoms with E-state index in [4.69, 9.17) is 37.9 Å². The lowest BCUT2D eigenvalue weighted by atomic mass is 9.79. The van der Waals surface area contributed by atoms with Crippen molar-refractivity contribution >= 4 is 77.8 Å². The molecule has 0 amide bonds. The van der Waals surface area contributed by atoms with Crippen molar-refractivity contribution in [3.8, 4) is 0 Å². The lowest BCUT2D eigenvalue weighted by Crippen LogP contribution is -2.60. The highest BCUT2D eigenvalue weighted by atomic mass is 32.2. The molecular weight excluding hydrogens is 1870 g/mol. The second-order valence-electron chi connectivity index (χ2n) is 37.5. The molecule has 0 radical (unpaired) electrons. The zero-order valence-corrected chi connectivity index (χ0v) is 81.9. The third-order valence-electron chi connectivity index (χ3n) is 25.7. The summed E-state index contributed by atoms with van der Waals surface area (Å²) in [5, 5.41) is 0.299. The van der Waals surface area contributed by atoms with E-state index in [-0.39, 0.29) is 119 Å². The molecule has 1 spiro atoms. The third kappa shape index (κ3) is 31.2. The van der Waals surface area contributed by atoms with E-state index < -0.39 is 117 Å². The zero-order chi connectivity index (χ0) is 99.0. The molecule has 13 atom stereocenters. The second-order valence-corrected chi connectivity index (χ2v) is 44.4. The summed E-state index contributed by atoms with van der Waals surface area (Å²) in [6.07, 6.45) is -2.47. The van der Waals surface area contributed by atoms with Gasteiger partial charge in [0, 0.05) is 24.7 Å². The summed E-state index contributed by atoms with van der Waals surface area (Å²) in [5.74, 6) is -2.53. The minimum atomic E-state index is -5.86. The van der Waals surface area contributed by atoms with E-state index in [0.717, 1.165) is 65.2 Å². The van der Waals surface area contributed by atoms with Crippen LogP contribution in [0.2, 0.25) is 0 Å². The fourth-order valence-electron chi connectivity index (χ4n) is 14.3. The Morgan fingerprint density at radius 3 is 1.05 bits per heavy atom. The van der Waals surface area contributed by atoms with Gasteiger partial charge < -0.3 is 61.6 Å². The third-order valence-corrected chi connectivity index (χ3v) is 32.2. The van der Waals surface area contributed by atoms with Crippen LogP contribution in [-0.2, 0) is 118 Å². The summed E-state index contributed by atoms with van der Waals surface area (Å²) in [5.41, 5.74) is -9.02. The largest absolute Gasteiger partial charge is 0.743 e. The first-order valence-corrected chi connectivity index (χ1v) is 49.6. The summed E-state index contributed by atoms with van der Waals surface area (Å²) in [6.45, 7) is 30.6. The first kappa shape index (κ1) is 125. The number of cyclic esters (lactones) is 1. The molecular formula is C103H149F7O23S4. The van der Waals surface area contributed by atoms with Crippen LogP contribution in [0.15, 0.2) is 211 Å². The minimum absolute atomic E-state index is 0. The van der Waals surface area contributed by atoms with Crippen molar-refractivity contribution in [1.82, 2.24) is 0 Å². The Morgan fingerprint density at radius 1 is 0.438 bits per heavy atom. The van der Waals surface area contributed by atoms with E-state index in [1.54, 1.807) is 34.6 Å². The summed E-state index contributed by atoms with van der Waals surface area (Å²) in [7, 11) is -11.7. The average Bonchev–Trinajstić information content (AvgIpc) is 1.58. The molecule has 34 heteroatoms. The fourth-order valence-corrected chi connectivity index (χ4v) is 19.4. The molecule has 3 aliphatic carbocycles. The molecule has 13 unspecified atom stereocenters. The number of hydrogen-bond acceptors (Lipinski definition) is 23. The topological polar surface area (TPSA) is 329 Å². The number of halogens is 7. The molecule has 6 aromatic carbocycles. The predicted octanol–water partition coefficient (Wildman–Crippen LogP) is 23.1. The van der Waals surface area contributed by atoms with Crippen molar-refractivity contribution < 1.29 is 138 Å². The van der Waals surface area contributed by atoms with Gasteiger partial charge in [-0.15, -0.1) is 0 Å². The Hall–Kier alpha value is -8.03. The maximum absolute atomic E-state index is 13.0. The molecule has 1 N–H and O–H groups in total. The zero-order valence-electron chi connectivity index (χ0n) is 78.6. The molecule has 4 heterocycles. The van der Waals surface area contributed by atoms with Crippen LogP contribution in [0.4, 0.5) is 30.7 Å². The van der Waals surface area contributed by atoms with Crippen molar-refractivity contribution in [2.24, 2.45) is 50.7 Å². The van der Waals surface area contributed by atoms with E-state index in [2.05, 4.69) is 191 Å². The van der Waals surface area contributed by atoms with Crippen molar-refractivity contribution in [1.29, 1.82) is 0 Å². The molecule has 6 aromatic rings. The summed E-state index contributed by atoms with van der Waals surface area (Å²) in [4.78, 5) is 79.0. The maximum atomic E-state index is 13.0. The van der Waals surface area contributed by atoms with Crippen molar-refractivity contribution in [2.75, 3.05) is 13.2 Å². The Bertz CT molecular complexity index is 4590. The van der Waals surface area contributed by atoms with Gasteiger partial charge in [-0.25, -0.2) is 16.8 Å². The van der Waals surface area contributed by atoms with Crippen LogP contribution < -0.4 is 0 Å². The quantitative estimate of drug-likeness (QED) is 0.0173. The number of fused-ring (bicyclic) bond motifs is 8. The van der Waals surface area contributed by atoms with Crippen LogP contribution in [0.3, 0.4) is 0 Å². The number of carbonyl (C=O) groups is 6. The second kappa shape index (κ2) is 51.1. The molecule has 4 aliphatic heterocycles. The summed E-state index contributed by atoms with van der Waals surface area (Å²) in [6, 6.07) is 64.3. The Kier molecular flexibility index (Phi) is 46.6. The monoisotopic (exact) mass is 2010 g/mol. The van der Waals surface area contributed by atoms with Gasteiger partial charge in [0.05, 0.1) is 68.0 Å². The first-order valence-electron chi connectivity index (χ1n) is 44.3. The Labute approximate surface area is 815 Å². The molecule has 4 saturated heterocycles. The fraction of sp³-hybridized carbons (Fsp3) is 0.592. The average molecular weight is 2020 g/mol. The van der Waals surface area contributed by atoms with Crippen LogP contribution in [0.25, 0.3) is 0 Å². The molecule has 7 aliphatic rings. The number of aliphatic hydroxyl groups is 1. The lowest BCUT2D eigenvalue weighted by molar-refractivity contribution is -0.307. The van der Waals surface area contributed by atoms with E-state index in [0.29, 0.717) is 65.1 Å². The molecule has 137 heavy (non-hydrogen) atoms. The van der Waals surface area contributed by atoms with Gasteiger partial charge in [-0.2, -0.15) is 30.7 Å². The van der Waals surface area contributed by atoms with E-state index in [1.165, 1.54) is 57.1 Å². The molecule has 2 bridgehead atoms. The van der Waals surface area contributed by atoms with Crippen LogP contribution in [-0.4, -0.2) is 163 Å². The minimum Gasteiger partial charge on any atom is -0.743 e. The highest BCUT2D eigenvalue weighted by Crippen LogP contribution is 2.57. The van der Waals surface area contributed by atoms with Gasteiger partial charge in [0.15, 0.2) is 85.6 Å². The molecule has 0 aromatic heterocycles. The van der Waals surface area contributed by atoms with Gasteiger partial charge in [-0.1, -0.05) is 181 Å². The number of alkyl halides is 7. The number of hydrogen-bond donors (Lipinski definition) is 1. The molecule has 7 fully saturated rings. The normalized spacial score (nSPS) is 21.5. The van der Waals surface area contributed by atoms with Gasteiger partial charge in [-0.3, -0.25) is 28.8 Å². The first-order chi connectivity index (χ1) is 61.2. The number of carbonyl (C=O) groups excluding carboxylic acids is 6. The van der Waals surface area contributed by atoms with Crippen LogP contribution in [0.5, 0.6) is 0 Å². The number of benzene rings is 6. The Balaban J connectivity index is 0.000000539. The van der Waals surface area contributed by atoms with Crippen LogP contribution in [0, 0.1) is 50.7 Å². The highest BCUT2D eigenvalue weighted by molar-refractivity contribution is 7.97. The maximum Gasteiger partial charge on any atom is 0.420 e. The number of ether oxygens (including phenoxy) is 10.